The Morgan fingerprint density at radius 3 is 1.25 bits per heavy atom. The van der Waals surface area contributed by atoms with E-state index in [0.29, 0.717) is 76.7 Å². The van der Waals surface area contributed by atoms with Crippen LogP contribution >= 0.6 is 0 Å². The van der Waals surface area contributed by atoms with Gasteiger partial charge in [-0.2, -0.15) is 0 Å². The zero-order valence-electron chi connectivity index (χ0n) is 47.7. The minimum atomic E-state index is -3.60. The first kappa shape index (κ1) is 67.4. The lowest BCUT2D eigenvalue weighted by atomic mass is 10.1. The van der Waals surface area contributed by atoms with Gasteiger partial charge in [0, 0.05) is 44.7 Å². The van der Waals surface area contributed by atoms with Gasteiger partial charge < -0.3 is 55.3 Å². The Balaban J connectivity index is 0.000000250. The van der Waals surface area contributed by atoms with E-state index in [9.17, 15) is 54.0 Å². The number of nitrogens with one attached hydrogen (secondary N) is 2. The van der Waals surface area contributed by atoms with Crippen LogP contribution in [0.25, 0.3) is 0 Å². The van der Waals surface area contributed by atoms with Crippen molar-refractivity contribution in [2.45, 2.75) is 52.7 Å². The second kappa shape index (κ2) is 29.7. The number of rotatable bonds is 21. The Morgan fingerprint density at radius 1 is 0.506 bits per heavy atom. The van der Waals surface area contributed by atoms with Crippen LogP contribution < -0.4 is 50.5 Å². The minimum Gasteiger partial charge on any atom is -0.493 e. The summed E-state index contributed by atoms with van der Waals surface area (Å²) in [4.78, 5) is 72.3. The maximum Gasteiger partial charge on any atom is 0.349 e. The predicted molar refractivity (Wildman–Crippen MR) is 310 cm³/mol. The summed E-state index contributed by atoms with van der Waals surface area (Å²) in [7, 11) is -5.25. The highest BCUT2D eigenvalue weighted by molar-refractivity contribution is 7.91. The lowest BCUT2D eigenvalue weighted by Gasteiger charge is -2.27. The molecule has 2 aliphatic heterocycles. The first-order chi connectivity index (χ1) is 38.9. The molecule has 24 nitrogen and oxygen atoms in total. The molecule has 3 atom stereocenters. The Hall–Kier alpha value is -8.11. The van der Waals surface area contributed by atoms with Gasteiger partial charge in [0.1, 0.15) is 29.5 Å². The van der Waals surface area contributed by atoms with Gasteiger partial charge in [0.15, 0.2) is 34.5 Å². The van der Waals surface area contributed by atoms with Crippen LogP contribution in [0.3, 0.4) is 0 Å². The number of sulfone groups is 3. The van der Waals surface area contributed by atoms with Crippen molar-refractivity contribution in [3.63, 3.8) is 0 Å². The van der Waals surface area contributed by atoms with Crippen molar-refractivity contribution in [1.29, 1.82) is 0 Å². The van der Waals surface area contributed by atoms with Crippen molar-refractivity contribution in [3.8, 4) is 34.5 Å². The molecule has 2 aliphatic rings. The van der Waals surface area contributed by atoms with E-state index in [-0.39, 0.29) is 45.4 Å². The highest BCUT2D eigenvalue weighted by Crippen LogP contribution is 2.39. The van der Waals surface area contributed by atoms with Crippen molar-refractivity contribution in [2.24, 2.45) is 11.5 Å². The maximum atomic E-state index is 13.3. The van der Waals surface area contributed by atoms with Gasteiger partial charge in [-0.25, -0.2) is 34.8 Å². The fourth-order valence-electron chi connectivity index (χ4n) is 8.31. The lowest BCUT2D eigenvalue weighted by Crippen LogP contribution is -2.37. The Morgan fingerprint density at radius 2 is 0.880 bits per heavy atom. The van der Waals surface area contributed by atoms with Gasteiger partial charge in [-0.1, -0.05) is 30.3 Å². The molecule has 7 rings (SSSR count). The van der Waals surface area contributed by atoms with E-state index >= 15 is 0 Å². The molecule has 0 unspecified atom stereocenters. The summed E-state index contributed by atoms with van der Waals surface area (Å²) in [6.45, 7) is 9.46. The van der Waals surface area contributed by atoms with Crippen LogP contribution in [0, 0.1) is 0 Å². The number of anilines is 2. The summed E-state index contributed by atoms with van der Waals surface area (Å²) in [6, 6.07) is 22.0. The molecule has 0 bridgehead atoms. The highest BCUT2D eigenvalue weighted by Gasteiger charge is 2.43. The van der Waals surface area contributed by atoms with Crippen LogP contribution in [0.2, 0.25) is 0 Å². The number of imide groups is 1. The Kier molecular flexibility index (Phi) is 24.1. The topological polar surface area (TPSA) is 349 Å². The van der Waals surface area contributed by atoms with Crippen LogP contribution in [0.4, 0.5) is 11.4 Å². The van der Waals surface area contributed by atoms with Crippen molar-refractivity contribution in [2.75, 3.05) is 87.8 Å². The number of fused-ring (bicyclic) bond motifs is 2. The third kappa shape index (κ3) is 19.2. The van der Waals surface area contributed by atoms with Crippen LogP contribution in [0.5, 0.6) is 34.5 Å². The standard InChI is InChI=1S/C22H24N2O7S.2C12H19NO4S.C10H7NO4/c1-5-31-19-11-14(9-10-18(19)30-3)17(12-32(4,28)29)24-21(26)15-7-6-8-16(23-13(2)25)20(15)22(24)27;2*1-4-17-12-7-9(5-6-11(12)16-2)10(13)8-18(3,14)15;1-5(12)11-7-4-2-3-6-8(7)10(14)15-9(6)13/h6-11,17H,5,12H2,1-4H3,(H,23,25);2*5-7,10H,4,8,13H2,1-3H3;2-4H,1H3,(H,11,12)/t17-;2*10-;/m111./s1. The first-order valence-electron chi connectivity index (χ1n) is 25.3. The van der Waals surface area contributed by atoms with Crippen LogP contribution in [0.1, 0.15) is 111 Å². The normalized spacial score (nSPS) is 13.6. The number of ether oxygens (including phenoxy) is 7. The fraction of sp³-hybridized carbons (Fsp3) is 0.357. The molecule has 0 aliphatic carbocycles. The van der Waals surface area contributed by atoms with Crippen LogP contribution in [-0.4, -0.2) is 143 Å². The summed E-state index contributed by atoms with van der Waals surface area (Å²) in [5.74, 6) is -0.954. The molecule has 83 heavy (non-hydrogen) atoms. The molecule has 27 heteroatoms. The van der Waals surface area contributed by atoms with Gasteiger partial charge in [-0.3, -0.25) is 24.1 Å². The lowest BCUT2D eigenvalue weighted by molar-refractivity contribution is -0.115. The molecule has 0 saturated heterocycles. The maximum absolute atomic E-state index is 13.3. The SMILES string of the molecule is CC(=O)Nc1cccc2c1C(=O)OC2=O.CCOc1cc([C@@H](CS(C)(=O)=O)N2C(=O)c3cccc(NC(C)=O)c3C2=O)ccc1OC.CCOc1cc([C@H](N)CS(C)(=O)=O)ccc1OC.CCOc1cc([C@H](N)CS(C)(=O)=O)ccc1OC. The van der Waals surface area contributed by atoms with Gasteiger partial charge in [-0.15, -0.1) is 0 Å². The van der Waals surface area contributed by atoms with E-state index in [1.165, 1.54) is 51.7 Å². The molecule has 0 radical (unpaired) electrons. The molecule has 6 N–H and O–H groups in total. The van der Waals surface area contributed by atoms with Crippen molar-refractivity contribution in [3.05, 3.63) is 130 Å². The first-order valence-corrected chi connectivity index (χ1v) is 31.5. The molecule has 4 amide bonds. The number of carbonyl (C=O) groups excluding carboxylic acids is 6. The average molecular weight is 1210 g/mol. The number of carbonyl (C=O) groups is 6. The zero-order valence-corrected chi connectivity index (χ0v) is 50.2. The van der Waals surface area contributed by atoms with Crippen molar-refractivity contribution in [1.82, 2.24) is 4.90 Å². The molecule has 0 saturated carbocycles. The highest BCUT2D eigenvalue weighted by atomic mass is 32.2. The van der Waals surface area contributed by atoms with Gasteiger partial charge in [-0.05, 0) is 98.1 Å². The number of nitrogens with two attached hydrogens (primary N) is 2. The van der Waals surface area contributed by atoms with Crippen LogP contribution in [0.15, 0.2) is 91.0 Å². The number of amides is 4. The fourth-order valence-corrected chi connectivity index (χ4v) is 10.9. The summed E-state index contributed by atoms with van der Waals surface area (Å²) in [5.41, 5.74) is 14.5. The molecule has 0 spiro atoms. The monoisotopic (exact) mass is 1210 g/mol. The van der Waals surface area contributed by atoms with Gasteiger partial charge in [0.05, 0.1) is 98.1 Å². The summed E-state index contributed by atoms with van der Waals surface area (Å²) in [5, 5.41) is 5.02. The molecule has 5 aromatic carbocycles. The summed E-state index contributed by atoms with van der Waals surface area (Å²) < 4.78 is 106. The number of nitrogens with zero attached hydrogens (tertiary/aromatic N) is 1. The second-order valence-corrected chi connectivity index (χ2v) is 25.1. The van der Waals surface area contributed by atoms with E-state index in [4.69, 9.17) is 39.9 Å². The van der Waals surface area contributed by atoms with Crippen LogP contribution in [-0.2, 0) is 43.8 Å². The molecule has 2 heterocycles. The average Bonchev–Trinajstić information content (AvgIpc) is 4.11. The van der Waals surface area contributed by atoms with E-state index in [1.54, 1.807) is 93.9 Å². The number of esters is 2. The Labute approximate surface area is 482 Å². The predicted octanol–water partition coefficient (Wildman–Crippen LogP) is 5.67. The largest absolute Gasteiger partial charge is 0.493 e. The third-order valence-corrected chi connectivity index (χ3v) is 14.5. The number of methoxy groups -OCH3 is 3. The zero-order chi connectivity index (χ0) is 62.1. The van der Waals surface area contributed by atoms with E-state index in [1.807, 2.05) is 13.8 Å². The minimum absolute atomic E-state index is 0.0322. The molecular formula is C56H69N5O19S3. The van der Waals surface area contributed by atoms with E-state index in [2.05, 4.69) is 15.4 Å². The Bertz CT molecular complexity index is 3460. The van der Waals surface area contributed by atoms with E-state index in [0.717, 1.165) is 11.2 Å². The third-order valence-electron chi connectivity index (χ3n) is 11.7. The number of cyclic esters (lactones) is 2. The van der Waals surface area contributed by atoms with Crippen molar-refractivity contribution < 1.29 is 87.2 Å². The van der Waals surface area contributed by atoms with Gasteiger partial charge in [0.2, 0.25) is 11.8 Å². The quantitative estimate of drug-likeness (QED) is 0.0391. The number of benzene rings is 5. The molecule has 0 aromatic heterocycles. The molecule has 5 aromatic rings. The molecule has 0 fully saturated rings. The van der Waals surface area contributed by atoms with Crippen molar-refractivity contribution >= 4 is 76.5 Å². The summed E-state index contributed by atoms with van der Waals surface area (Å²) >= 11 is 0. The van der Waals surface area contributed by atoms with Gasteiger partial charge in [0.25, 0.3) is 11.8 Å². The second-order valence-electron chi connectivity index (χ2n) is 18.5. The smallest absolute Gasteiger partial charge is 0.349 e. The number of hydrogen-bond donors (Lipinski definition) is 4. The molecular weight excluding hydrogens is 1140 g/mol. The number of hydrogen-bond acceptors (Lipinski definition) is 21. The molecule has 450 valence electrons. The summed E-state index contributed by atoms with van der Waals surface area (Å²) in [6.07, 6.45) is 3.37. The van der Waals surface area contributed by atoms with E-state index < -0.39 is 83.1 Å². The van der Waals surface area contributed by atoms with Gasteiger partial charge >= 0.3 is 11.9 Å².